The lowest BCUT2D eigenvalue weighted by molar-refractivity contribution is -0.136. The zero-order valence-electron chi connectivity index (χ0n) is 20.1. The summed E-state index contributed by atoms with van der Waals surface area (Å²) in [7, 11) is 1.86. The van der Waals surface area contributed by atoms with Gasteiger partial charge in [-0.2, -0.15) is 0 Å². The summed E-state index contributed by atoms with van der Waals surface area (Å²) in [5.74, 6) is 0.306. The molecule has 1 aromatic heterocycles. The number of carbonyl (C=O) groups is 1. The fourth-order valence-electron chi connectivity index (χ4n) is 6.80. The summed E-state index contributed by atoms with van der Waals surface area (Å²) in [5.41, 5.74) is 4.92. The van der Waals surface area contributed by atoms with E-state index in [1.165, 1.54) is 36.8 Å². The highest BCUT2D eigenvalue weighted by atomic mass is 16.5. The van der Waals surface area contributed by atoms with Crippen LogP contribution in [0.1, 0.15) is 43.2 Å². The van der Waals surface area contributed by atoms with Gasteiger partial charge in [-0.3, -0.25) is 14.6 Å². The summed E-state index contributed by atoms with van der Waals surface area (Å²) in [4.78, 5) is 28.7. The number of methoxy groups -OCH3 is 1. The Morgan fingerprint density at radius 2 is 1.91 bits per heavy atom. The minimum Gasteiger partial charge on any atom is -0.380 e. The number of amides is 1. The van der Waals surface area contributed by atoms with E-state index in [0.29, 0.717) is 36.7 Å². The lowest BCUT2D eigenvalue weighted by Gasteiger charge is -2.43. The van der Waals surface area contributed by atoms with Gasteiger partial charge in [-0.15, -0.1) is 0 Å². The third kappa shape index (κ3) is 4.14. The minimum absolute atomic E-state index is 0.306. The summed E-state index contributed by atoms with van der Waals surface area (Å²) < 4.78 is 5.82. The van der Waals surface area contributed by atoms with Crippen molar-refractivity contribution in [1.29, 1.82) is 0 Å². The van der Waals surface area contributed by atoms with Crippen molar-refractivity contribution < 1.29 is 9.53 Å². The fraction of sp³-hybridized carbons (Fsp3) is 0.593. The van der Waals surface area contributed by atoms with Crippen molar-refractivity contribution in [3.8, 4) is 11.1 Å². The van der Waals surface area contributed by atoms with E-state index in [4.69, 9.17) is 4.74 Å². The molecular formula is C27H35N5O2. The van der Waals surface area contributed by atoms with Gasteiger partial charge in [0.15, 0.2) is 0 Å². The van der Waals surface area contributed by atoms with Crippen LogP contribution in [0, 0.1) is 0 Å². The van der Waals surface area contributed by atoms with Gasteiger partial charge >= 0.3 is 0 Å². The van der Waals surface area contributed by atoms with E-state index in [2.05, 4.69) is 42.9 Å². The van der Waals surface area contributed by atoms with Crippen LogP contribution in [0.5, 0.6) is 0 Å². The number of rotatable bonds is 5. The molecule has 7 heteroatoms. The quantitative estimate of drug-likeness (QED) is 0.682. The first-order chi connectivity index (χ1) is 16.7. The molecule has 0 spiro atoms. The first-order valence-corrected chi connectivity index (χ1v) is 12.9. The summed E-state index contributed by atoms with van der Waals surface area (Å²) in [6.45, 7) is 4.22. The molecule has 3 aliphatic heterocycles. The maximum atomic E-state index is 13.3. The number of nitrogens with zero attached hydrogens (tertiary/aromatic N) is 5. The van der Waals surface area contributed by atoms with Gasteiger partial charge in [0.05, 0.1) is 12.6 Å². The molecule has 0 radical (unpaired) electrons. The van der Waals surface area contributed by atoms with Crippen molar-refractivity contribution in [2.75, 3.05) is 33.3 Å². The average molecular weight is 462 g/mol. The average Bonchev–Trinajstić information content (AvgIpc) is 3.50. The van der Waals surface area contributed by atoms with E-state index in [0.717, 1.165) is 50.1 Å². The molecule has 2 aromatic rings. The highest BCUT2D eigenvalue weighted by molar-refractivity contribution is 5.79. The maximum absolute atomic E-state index is 13.3. The SMILES string of the molecule is COC1CCCCC1N1C[C@@H]2C[C@H]1CN2C(=O)CN1CCc2cc(-c3cncnc3)ccc2C1. The highest BCUT2D eigenvalue weighted by Gasteiger charge is 2.49. The third-order valence-corrected chi connectivity index (χ3v) is 8.55. The van der Waals surface area contributed by atoms with Crippen LogP contribution in [-0.2, 0) is 22.5 Å². The van der Waals surface area contributed by atoms with E-state index < -0.39 is 0 Å². The number of likely N-dealkylation sites (tertiary alicyclic amines) is 2. The van der Waals surface area contributed by atoms with Crippen LogP contribution in [0.4, 0.5) is 0 Å². The van der Waals surface area contributed by atoms with Gasteiger partial charge in [-0.05, 0) is 42.4 Å². The lowest BCUT2D eigenvalue weighted by Crippen LogP contribution is -2.57. The number of carbonyl (C=O) groups excluding carboxylic acids is 1. The van der Waals surface area contributed by atoms with Crippen LogP contribution in [0.3, 0.4) is 0 Å². The van der Waals surface area contributed by atoms with Crippen LogP contribution in [-0.4, -0.2) is 88.1 Å². The zero-order chi connectivity index (χ0) is 23.1. The number of benzene rings is 1. The molecule has 0 N–H and O–H groups in total. The predicted molar refractivity (Wildman–Crippen MR) is 130 cm³/mol. The molecular weight excluding hydrogens is 426 g/mol. The highest BCUT2D eigenvalue weighted by Crippen LogP contribution is 2.37. The van der Waals surface area contributed by atoms with Gasteiger partial charge in [0.1, 0.15) is 6.33 Å². The summed E-state index contributed by atoms with van der Waals surface area (Å²) >= 11 is 0. The van der Waals surface area contributed by atoms with Crippen LogP contribution < -0.4 is 0 Å². The Morgan fingerprint density at radius 1 is 1.06 bits per heavy atom. The number of fused-ring (bicyclic) bond motifs is 3. The van der Waals surface area contributed by atoms with Gasteiger partial charge in [0, 0.05) is 69.4 Å². The van der Waals surface area contributed by atoms with E-state index in [1.54, 1.807) is 6.33 Å². The fourth-order valence-corrected chi connectivity index (χ4v) is 6.80. The van der Waals surface area contributed by atoms with Crippen LogP contribution in [0.2, 0.25) is 0 Å². The Balaban J connectivity index is 1.06. The summed E-state index contributed by atoms with van der Waals surface area (Å²) in [6.07, 6.45) is 12.7. The molecule has 7 nitrogen and oxygen atoms in total. The van der Waals surface area contributed by atoms with Gasteiger partial charge in [0.2, 0.25) is 5.91 Å². The smallest absolute Gasteiger partial charge is 0.237 e. The molecule has 1 aromatic carbocycles. The molecule has 4 aliphatic rings. The summed E-state index contributed by atoms with van der Waals surface area (Å²) in [6, 6.07) is 8.05. The molecule has 2 unspecified atom stereocenters. The molecule has 2 saturated heterocycles. The van der Waals surface area contributed by atoms with Crippen LogP contribution >= 0.6 is 0 Å². The van der Waals surface area contributed by atoms with Crippen molar-refractivity contribution in [3.63, 3.8) is 0 Å². The first kappa shape index (κ1) is 22.1. The number of piperazine rings is 1. The number of ether oxygens (including phenoxy) is 1. The molecule has 6 rings (SSSR count). The topological polar surface area (TPSA) is 61.8 Å². The van der Waals surface area contributed by atoms with Gasteiger partial charge in [0.25, 0.3) is 0 Å². The Morgan fingerprint density at radius 3 is 2.71 bits per heavy atom. The van der Waals surface area contributed by atoms with Crippen LogP contribution in [0.15, 0.2) is 36.9 Å². The van der Waals surface area contributed by atoms with Crippen molar-refractivity contribution in [1.82, 2.24) is 24.7 Å². The molecule has 1 saturated carbocycles. The molecule has 1 aliphatic carbocycles. The van der Waals surface area contributed by atoms with Gasteiger partial charge < -0.3 is 9.64 Å². The molecule has 180 valence electrons. The Bertz CT molecular complexity index is 1030. The monoisotopic (exact) mass is 461 g/mol. The standard InChI is InChI=1S/C27H35N5O2/c1-34-26-5-3-2-4-25(26)31-15-24-11-23(31)16-32(24)27(33)17-30-9-8-20-10-19(6-7-21(20)14-30)22-12-28-18-29-13-22/h6-7,10,12-13,18,23-26H,2-5,8-9,11,14-17H2,1H3/t23-,24-,25?,26?/m0/s1. The molecule has 34 heavy (non-hydrogen) atoms. The molecule has 3 fully saturated rings. The second-order valence-electron chi connectivity index (χ2n) is 10.5. The largest absolute Gasteiger partial charge is 0.380 e. The first-order valence-electron chi connectivity index (χ1n) is 12.9. The molecule has 4 atom stereocenters. The zero-order valence-corrected chi connectivity index (χ0v) is 20.1. The molecule has 2 bridgehead atoms. The number of aromatic nitrogens is 2. The van der Waals surface area contributed by atoms with Crippen molar-refractivity contribution >= 4 is 5.91 Å². The van der Waals surface area contributed by atoms with E-state index in [1.807, 2.05) is 19.5 Å². The number of hydrogen-bond acceptors (Lipinski definition) is 6. The van der Waals surface area contributed by atoms with Crippen molar-refractivity contribution in [3.05, 3.63) is 48.0 Å². The molecule has 1 amide bonds. The predicted octanol–water partition coefficient (Wildman–Crippen LogP) is 2.74. The Labute approximate surface area is 202 Å². The minimum atomic E-state index is 0.306. The number of hydrogen-bond donors (Lipinski definition) is 0. The Hall–Kier alpha value is -2.35. The second kappa shape index (κ2) is 9.36. The maximum Gasteiger partial charge on any atom is 0.237 e. The third-order valence-electron chi connectivity index (χ3n) is 8.55. The van der Waals surface area contributed by atoms with Gasteiger partial charge in [-0.25, -0.2) is 9.97 Å². The van der Waals surface area contributed by atoms with E-state index in [9.17, 15) is 4.79 Å². The van der Waals surface area contributed by atoms with Crippen LogP contribution in [0.25, 0.3) is 11.1 Å². The second-order valence-corrected chi connectivity index (χ2v) is 10.5. The Kier molecular flexibility index (Phi) is 6.09. The van der Waals surface area contributed by atoms with Crippen molar-refractivity contribution in [2.45, 2.75) is 69.3 Å². The lowest BCUT2D eigenvalue weighted by atomic mass is 9.90. The normalized spacial score (nSPS) is 29.4. The van der Waals surface area contributed by atoms with Crippen molar-refractivity contribution in [2.24, 2.45) is 0 Å². The van der Waals surface area contributed by atoms with E-state index in [-0.39, 0.29) is 0 Å². The van der Waals surface area contributed by atoms with E-state index >= 15 is 0 Å². The van der Waals surface area contributed by atoms with Gasteiger partial charge in [-0.1, -0.05) is 31.0 Å². The summed E-state index contributed by atoms with van der Waals surface area (Å²) in [5, 5.41) is 0. The molecule has 4 heterocycles.